The van der Waals surface area contributed by atoms with Crippen molar-refractivity contribution in [1.29, 1.82) is 0 Å². The van der Waals surface area contributed by atoms with E-state index in [1.54, 1.807) is 14.2 Å². The number of rotatable bonds is 6. The van der Waals surface area contributed by atoms with Crippen molar-refractivity contribution < 1.29 is 14.2 Å². The molecule has 9 heteroatoms. The molecular weight excluding hydrogens is 509 g/mol. The minimum atomic E-state index is -0.205. The van der Waals surface area contributed by atoms with Crippen LogP contribution < -0.4 is 19.9 Å². The van der Waals surface area contributed by atoms with E-state index >= 15 is 0 Å². The number of hydrogen-bond acceptors (Lipinski definition) is 6. The van der Waals surface area contributed by atoms with Gasteiger partial charge in [-0.3, -0.25) is 9.80 Å². The Hall–Kier alpha value is -1.57. The number of ether oxygens (including phenoxy) is 3. The van der Waals surface area contributed by atoms with Gasteiger partial charge in [0.25, 0.3) is 0 Å². The molecule has 0 radical (unpaired) electrons. The maximum absolute atomic E-state index is 6.58. The highest BCUT2D eigenvalue weighted by molar-refractivity contribution is 5.86. The van der Waals surface area contributed by atoms with Gasteiger partial charge in [0.15, 0.2) is 11.5 Å². The van der Waals surface area contributed by atoms with Crippen LogP contribution in [0, 0.1) is 20.8 Å². The third-order valence-electron chi connectivity index (χ3n) is 7.21. The van der Waals surface area contributed by atoms with Crippen molar-refractivity contribution in [1.82, 2.24) is 9.80 Å². The standard InChI is InChI=1S/C26H37N3O3.3ClH/c1-17-18(2)25-21(19(3)24(17)27)14-26(4,32-25)16-29-11-9-28(10-12-29)15-20-7-8-22(30-5)23(13-20)31-6;;;/h7-8,13H,9-12,14-16,27H2,1-6H3;3*1H. The van der Waals surface area contributed by atoms with Gasteiger partial charge >= 0.3 is 0 Å². The summed E-state index contributed by atoms with van der Waals surface area (Å²) >= 11 is 0. The Morgan fingerprint density at radius 3 is 2.09 bits per heavy atom. The lowest BCUT2D eigenvalue weighted by Crippen LogP contribution is -2.52. The fourth-order valence-electron chi connectivity index (χ4n) is 5.12. The molecule has 1 saturated heterocycles. The van der Waals surface area contributed by atoms with Gasteiger partial charge in [0.2, 0.25) is 0 Å². The molecule has 2 aliphatic heterocycles. The molecule has 35 heavy (non-hydrogen) atoms. The number of nitrogens with zero attached hydrogens (tertiary/aromatic N) is 2. The minimum absolute atomic E-state index is 0. The van der Waals surface area contributed by atoms with E-state index < -0.39 is 0 Å². The molecule has 0 bridgehead atoms. The van der Waals surface area contributed by atoms with E-state index in [1.807, 2.05) is 6.07 Å². The number of fused-ring (bicyclic) bond motifs is 1. The van der Waals surface area contributed by atoms with Gasteiger partial charge in [-0.25, -0.2) is 0 Å². The fourth-order valence-corrected chi connectivity index (χ4v) is 5.12. The Bertz CT molecular complexity index is 974. The summed E-state index contributed by atoms with van der Waals surface area (Å²) in [5.41, 5.74) is 13.1. The van der Waals surface area contributed by atoms with Gasteiger partial charge in [-0.05, 0) is 62.1 Å². The number of nitrogens with two attached hydrogens (primary N) is 1. The Kier molecular flexibility index (Phi) is 11.3. The average Bonchev–Trinajstić information content (AvgIpc) is 3.15. The molecule has 0 amide bonds. The number of benzene rings is 2. The predicted molar refractivity (Wildman–Crippen MR) is 151 cm³/mol. The highest BCUT2D eigenvalue weighted by Gasteiger charge is 2.39. The Labute approximate surface area is 228 Å². The van der Waals surface area contributed by atoms with Crippen LogP contribution in [0.4, 0.5) is 5.69 Å². The first-order valence-corrected chi connectivity index (χ1v) is 11.5. The van der Waals surface area contributed by atoms with Gasteiger partial charge < -0.3 is 19.9 Å². The van der Waals surface area contributed by atoms with E-state index in [-0.39, 0.29) is 42.8 Å². The highest BCUT2D eigenvalue weighted by Crippen LogP contribution is 2.44. The summed E-state index contributed by atoms with van der Waals surface area (Å²) in [6.07, 6.45) is 0.922. The summed E-state index contributed by atoms with van der Waals surface area (Å²) in [7, 11) is 3.35. The molecule has 2 aromatic rings. The molecule has 6 nitrogen and oxygen atoms in total. The molecule has 2 aliphatic rings. The zero-order chi connectivity index (χ0) is 23.0. The van der Waals surface area contributed by atoms with Gasteiger partial charge in [0, 0.05) is 56.9 Å². The molecule has 1 atom stereocenters. The normalized spacial score (nSPS) is 19.5. The first-order valence-electron chi connectivity index (χ1n) is 11.5. The highest BCUT2D eigenvalue weighted by atomic mass is 35.5. The van der Waals surface area contributed by atoms with Crippen molar-refractivity contribution in [2.75, 3.05) is 52.7 Å². The van der Waals surface area contributed by atoms with Gasteiger partial charge in [0.1, 0.15) is 11.4 Å². The summed E-state index contributed by atoms with van der Waals surface area (Å²) in [4.78, 5) is 5.04. The smallest absolute Gasteiger partial charge is 0.161 e. The lowest BCUT2D eigenvalue weighted by Gasteiger charge is -2.38. The number of methoxy groups -OCH3 is 2. The molecule has 2 N–H and O–H groups in total. The first kappa shape index (κ1) is 31.5. The average molecular weight is 549 g/mol. The van der Waals surface area contributed by atoms with Gasteiger partial charge in [-0.1, -0.05) is 6.07 Å². The Morgan fingerprint density at radius 2 is 1.49 bits per heavy atom. The topological polar surface area (TPSA) is 60.2 Å². The summed E-state index contributed by atoms with van der Waals surface area (Å²) in [6.45, 7) is 14.6. The van der Waals surface area contributed by atoms with E-state index in [4.69, 9.17) is 19.9 Å². The second-order valence-corrected chi connectivity index (χ2v) is 9.57. The minimum Gasteiger partial charge on any atom is -0.493 e. The van der Waals surface area contributed by atoms with E-state index in [1.165, 1.54) is 22.3 Å². The fraction of sp³-hybridized carbons (Fsp3) is 0.538. The molecule has 0 aromatic heterocycles. The molecular formula is C26H40Cl3N3O3. The van der Waals surface area contributed by atoms with Crippen molar-refractivity contribution in [3.63, 3.8) is 0 Å². The number of piperazine rings is 1. The summed E-state index contributed by atoms with van der Waals surface area (Å²) in [5.74, 6) is 2.62. The monoisotopic (exact) mass is 547 g/mol. The van der Waals surface area contributed by atoms with Crippen molar-refractivity contribution in [2.45, 2.75) is 46.3 Å². The molecule has 4 rings (SSSR count). The van der Waals surface area contributed by atoms with Crippen LogP contribution >= 0.6 is 37.2 Å². The maximum atomic E-state index is 6.58. The molecule has 0 aliphatic carbocycles. The third-order valence-corrected chi connectivity index (χ3v) is 7.21. The van der Waals surface area contributed by atoms with Crippen LogP contribution in [0.5, 0.6) is 17.2 Å². The van der Waals surface area contributed by atoms with Crippen LogP contribution in [0.2, 0.25) is 0 Å². The summed E-state index contributed by atoms with van der Waals surface area (Å²) in [6, 6.07) is 6.18. The van der Waals surface area contributed by atoms with Gasteiger partial charge in [-0.15, -0.1) is 37.2 Å². The molecule has 2 heterocycles. The quantitative estimate of drug-likeness (QED) is 0.513. The van der Waals surface area contributed by atoms with Crippen molar-refractivity contribution in [2.24, 2.45) is 0 Å². The van der Waals surface area contributed by atoms with Crippen LogP contribution in [0.15, 0.2) is 18.2 Å². The molecule has 0 spiro atoms. The van der Waals surface area contributed by atoms with E-state index in [0.717, 1.165) is 74.2 Å². The molecule has 2 aromatic carbocycles. The number of anilines is 1. The lowest BCUT2D eigenvalue weighted by atomic mass is 9.91. The van der Waals surface area contributed by atoms with Crippen molar-refractivity contribution in [3.8, 4) is 17.2 Å². The van der Waals surface area contributed by atoms with Crippen molar-refractivity contribution in [3.05, 3.63) is 46.0 Å². The summed E-state index contributed by atoms with van der Waals surface area (Å²) < 4.78 is 17.4. The maximum Gasteiger partial charge on any atom is 0.161 e. The zero-order valence-electron chi connectivity index (χ0n) is 21.6. The molecule has 0 saturated carbocycles. The third kappa shape index (κ3) is 6.41. The number of hydrogen-bond donors (Lipinski definition) is 1. The van der Waals surface area contributed by atoms with E-state index in [2.05, 4.69) is 49.6 Å². The molecule has 1 unspecified atom stereocenters. The zero-order valence-corrected chi connectivity index (χ0v) is 24.1. The van der Waals surface area contributed by atoms with Crippen LogP contribution in [-0.2, 0) is 13.0 Å². The SMILES string of the molecule is COc1ccc(CN2CCN(CC3(C)Cc4c(C)c(N)c(C)c(C)c4O3)CC2)cc1OC.Cl.Cl.Cl. The Balaban J connectivity index is 0.00000204. The van der Waals surface area contributed by atoms with E-state index in [9.17, 15) is 0 Å². The van der Waals surface area contributed by atoms with E-state index in [0.29, 0.717) is 0 Å². The molecule has 198 valence electrons. The Morgan fingerprint density at radius 1 is 0.886 bits per heavy atom. The number of halogens is 3. The largest absolute Gasteiger partial charge is 0.493 e. The summed E-state index contributed by atoms with van der Waals surface area (Å²) in [5, 5.41) is 0. The van der Waals surface area contributed by atoms with Gasteiger partial charge in [0.05, 0.1) is 14.2 Å². The lowest BCUT2D eigenvalue weighted by molar-refractivity contribution is 0.0364. The van der Waals surface area contributed by atoms with Crippen LogP contribution in [0.1, 0.15) is 34.7 Å². The first-order chi connectivity index (χ1) is 15.2. The van der Waals surface area contributed by atoms with Crippen molar-refractivity contribution >= 4 is 42.9 Å². The molecule has 1 fully saturated rings. The van der Waals surface area contributed by atoms with Crippen LogP contribution in [0.3, 0.4) is 0 Å². The number of nitrogen functional groups attached to an aromatic ring is 1. The van der Waals surface area contributed by atoms with Gasteiger partial charge in [-0.2, -0.15) is 0 Å². The van der Waals surface area contributed by atoms with Crippen LogP contribution in [0.25, 0.3) is 0 Å². The second kappa shape index (κ2) is 12.6. The predicted octanol–water partition coefficient (Wildman–Crippen LogP) is 4.99. The second-order valence-electron chi connectivity index (χ2n) is 9.57. The van der Waals surface area contributed by atoms with Crippen LogP contribution in [-0.4, -0.2) is 62.3 Å².